The molecule has 0 spiro atoms. The quantitative estimate of drug-likeness (QED) is 0.637. The van der Waals surface area contributed by atoms with Crippen molar-refractivity contribution in [2.24, 2.45) is 0 Å². The molecular formula is C20H22N2O4. The minimum atomic E-state index is -0.638. The van der Waals surface area contributed by atoms with Crippen LogP contribution in [-0.2, 0) is 20.9 Å². The van der Waals surface area contributed by atoms with E-state index in [9.17, 15) is 14.4 Å². The van der Waals surface area contributed by atoms with Crippen LogP contribution in [0.3, 0.4) is 0 Å². The maximum absolute atomic E-state index is 12.5. The van der Waals surface area contributed by atoms with E-state index in [-0.39, 0.29) is 18.3 Å². The summed E-state index contributed by atoms with van der Waals surface area (Å²) in [6.45, 7) is 4.20. The number of carbonyl (C=O) groups is 3. The minimum absolute atomic E-state index is 0.164. The first kappa shape index (κ1) is 17.9. The number of hydrogen-bond donors (Lipinski definition) is 1. The lowest BCUT2D eigenvalue weighted by atomic mass is 10.1. The van der Waals surface area contributed by atoms with Crippen molar-refractivity contribution >= 4 is 17.7 Å². The van der Waals surface area contributed by atoms with E-state index >= 15 is 0 Å². The van der Waals surface area contributed by atoms with Gasteiger partial charge in [0.1, 0.15) is 6.04 Å². The van der Waals surface area contributed by atoms with Crippen molar-refractivity contribution in [3.8, 4) is 0 Å². The Kier molecular flexibility index (Phi) is 5.21. The second-order valence-electron chi connectivity index (χ2n) is 6.55. The smallest absolute Gasteiger partial charge is 0.329 e. The summed E-state index contributed by atoms with van der Waals surface area (Å²) in [6.07, 6.45) is 0.728. The molecule has 1 aromatic heterocycles. The summed E-state index contributed by atoms with van der Waals surface area (Å²) < 4.78 is 7.17. The highest BCUT2D eigenvalue weighted by atomic mass is 16.5. The lowest BCUT2D eigenvalue weighted by Crippen LogP contribution is -2.35. The van der Waals surface area contributed by atoms with Crippen molar-refractivity contribution in [1.29, 1.82) is 0 Å². The molecule has 1 aromatic carbocycles. The van der Waals surface area contributed by atoms with Gasteiger partial charge in [-0.05, 0) is 31.9 Å². The molecule has 136 valence electrons. The van der Waals surface area contributed by atoms with E-state index in [1.807, 2.05) is 50.2 Å². The zero-order chi connectivity index (χ0) is 18.7. The van der Waals surface area contributed by atoms with Crippen LogP contribution in [0.25, 0.3) is 0 Å². The summed E-state index contributed by atoms with van der Waals surface area (Å²) in [5.41, 5.74) is 3.53. The average Bonchev–Trinajstić information content (AvgIpc) is 3.19. The Morgan fingerprint density at radius 3 is 2.62 bits per heavy atom. The summed E-state index contributed by atoms with van der Waals surface area (Å²) in [5, 5.41) is 2.54. The van der Waals surface area contributed by atoms with Gasteiger partial charge in [-0.3, -0.25) is 9.59 Å². The average molecular weight is 354 g/mol. The number of benzene rings is 1. The van der Waals surface area contributed by atoms with Crippen LogP contribution in [0.1, 0.15) is 40.2 Å². The summed E-state index contributed by atoms with van der Waals surface area (Å²) in [4.78, 5) is 35.6. The lowest BCUT2D eigenvalue weighted by Gasteiger charge is -2.11. The predicted octanol–water partition coefficient (Wildman–Crippen LogP) is 2.16. The highest BCUT2D eigenvalue weighted by Crippen LogP contribution is 2.18. The molecule has 3 rings (SSSR count). The third-order valence-electron chi connectivity index (χ3n) is 4.68. The van der Waals surface area contributed by atoms with Gasteiger partial charge in [-0.15, -0.1) is 0 Å². The molecule has 0 bridgehead atoms. The molecule has 1 fully saturated rings. The van der Waals surface area contributed by atoms with E-state index in [1.54, 1.807) is 0 Å². The van der Waals surface area contributed by atoms with E-state index in [0.717, 1.165) is 17.0 Å². The van der Waals surface area contributed by atoms with Gasteiger partial charge in [0, 0.05) is 29.9 Å². The van der Waals surface area contributed by atoms with E-state index in [4.69, 9.17) is 4.74 Å². The van der Waals surface area contributed by atoms with Gasteiger partial charge >= 0.3 is 5.97 Å². The molecule has 0 saturated carbocycles. The van der Waals surface area contributed by atoms with Crippen LogP contribution in [0.5, 0.6) is 0 Å². The van der Waals surface area contributed by atoms with Crippen LogP contribution in [0.2, 0.25) is 0 Å². The van der Waals surface area contributed by atoms with Crippen LogP contribution < -0.4 is 5.32 Å². The SMILES string of the molecule is Cc1cc(C(=O)COC(=O)[C@@H]2CCC(=O)N2)c(C)n1Cc1ccccc1. The molecule has 26 heavy (non-hydrogen) atoms. The van der Waals surface area contributed by atoms with Crippen molar-refractivity contribution in [2.75, 3.05) is 6.61 Å². The number of rotatable bonds is 6. The third kappa shape index (κ3) is 3.85. The van der Waals surface area contributed by atoms with E-state index in [1.165, 1.54) is 0 Å². The number of amides is 1. The molecule has 2 heterocycles. The van der Waals surface area contributed by atoms with Crippen LogP contribution in [-0.4, -0.2) is 34.9 Å². The van der Waals surface area contributed by atoms with Crippen LogP contribution >= 0.6 is 0 Å². The summed E-state index contributed by atoms with van der Waals surface area (Å²) in [6, 6.07) is 11.2. The molecule has 2 aromatic rings. The van der Waals surface area contributed by atoms with Crippen molar-refractivity contribution in [1.82, 2.24) is 9.88 Å². The Bertz CT molecular complexity index is 839. The fourth-order valence-electron chi connectivity index (χ4n) is 3.20. The van der Waals surface area contributed by atoms with Gasteiger partial charge in [-0.2, -0.15) is 0 Å². The molecule has 1 N–H and O–H groups in total. The molecule has 0 radical (unpaired) electrons. The summed E-state index contributed by atoms with van der Waals surface area (Å²) in [5.74, 6) is -0.958. The Morgan fingerprint density at radius 2 is 1.96 bits per heavy atom. The number of nitrogens with one attached hydrogen (secondary N) is 1. The number of nitrogens with zero attached hydrogens (tertiary/aromatic N) is 1. The molecule has 6 nitrogen and oxygen atoms in total. The van der Waals surface area contributed by atoms with Crippen molar-refractivity contribution in [3.05, 3.63) is 58.9 Å². The summed E-state index contributed by atoms with van der Waals surface area (Å²) >= 11 is 0. The monoisotopic (exact) mass is 354 g/mol. The summed E-state index contributed by atoms with van der Waals surface area (Å²) in [7, 11) is 0. The van der Waals surface area contributed by atoms with Gasteiger partial charge in [-0.25, -0.2) is 4.79 Å². The van der Waals surface area contributed by atoms with Gasteiger partial charge in [0.05, 0.1) is 0 Å². The number of hydrogen-bond acceptors (Lipinski definition) is 4. The molecule has 1 aliphatic heterocycles. The van der Waals surface area contributed by atoms with Crippen LogP contribution in [0.15, 0.2) is 36.4 Å². The maximum Gasteiger partial charge on any atom is 0.329 e. The molecule has 1 saturated heterocycles. The number of carbonyl (C=O) groups excluding carboxylic acids is 3. The molecule has 0 aliphatic carbocycles. The topological polar surface area (TPSA) is 77.4 Å². The number of aryl methyl sites for hydroxylation is 1. The zero-order valence-corrected chi connectivity index (χ0v) is 15.0. The number of esters is 1. The zero-order valence-electron chi connectivity index (χ0n) is 15.0. The molecule has 1 amide bonds. The largest absolute Gasteiger partial charge is 0.456 e. The van der Waals surface area contributed by atoms with Crippen molar-refractivity contribution in [2.45, 2.75) is 39.3 Å². The van der Waals surface area contributed by atoms with Gasteiger partial charge in [-0.1, -0.05) is 30.3 Å². The standard InChI is InChI=1S/C20H22N2O4/c1-13-10-16(14(2)22(13)11-15-6-4-3-5-7-15)18(23)12-26-20(25)17-8-9-19(24)21-17/h3-7,10,17H,8-9,11-12H2,1-2H3,(H,21,24)/t17-/m0/s1. The Morgan fingerprint density at radius 1 is 1.23 bits per heavy atom. The van der Waals surface area contributed by atoms with Crippen LogP contribution in [0, 0.1) is 13.8 Å². The molecular weight excluding hydrogens is 332 g/mol. The first-order valence-corrected chi connectivity index (χ1v) is 8.65. The Balaban J connectivity index is 1.65. The second kappa shape index (κ2) is 7.56. The predicted molar refractivity (Wildman–Crippen MR) is 95.9 cm³/mol. The Labute approximate surface area is 152 Å². The number of Topliss-reactive ketones (excluding diaryl/α,β-unsaturated/α-hetero) is 1. The van der Waals surface area contributed by atoms with E-state index < -0.39 is 12.0 Å². The highest BCUT2D eigenvalue weighted by molar-refractivity contribution is 5.99. The minimum Gasteiger partial charge on any atom is -0.456 e. The van der Waals surface area contributed by atoms with Gasteiger partial charge in [0.2, 0.25) is 11.7 Å². The van der Waals surface area contributed by atoms with Crippen molar-refractivity contribution < 1.29 is 19.1 Å². The first-order valence-electron chi connectivity index (χ1n) is 8.65. The van der Waals surface area contributed by atoms with Gasteiger partial charge in [0.15, 0.2) is 6.61 Å². The number of ketones is 1. The van der Waals surface area contributed by atoms with E-state index in [0.29, 0.717) is 24.9 Å². The third-order valence-corrected chi connectivity index (χ3v) is 4.68. The fourth-order valence-corrected chi connectivity index (χ4v) is 3.20. The molecule has 6 heteroatoms. The van der Waals surface area contributed by atoms with Gasteiger partial charge < -0.3 is 14.6 Å². The fraction of sp³-hybridized carbons (Fsp3) is 0.350. The van der Waals surface area contributed by atoms with E-state index in [2.05, 4.69) is 9.88 Å². The van der Waals surface area contributed by atoms with Gasteiger partial charge in [0.25, 0.3) is 0 Å². The first-order chi connectivity index (χ1) is 12.5. The van der Waals surface area contributed by atoms with Crippen LogP contribution in [0.4, 0.5) is 0 Å². The second-order valence-corrected chi connectivity index (χ2v) is 6.55. The molecule has 1 aliphatic rings. The lowest BCUT2D eigenvalue weighted by molar-refractivity contribution is -0.145. The van der Waals surface area contributed by atoms with Crippen molar-refractivity contribution in [3.63, 3.8) is 0 Å². The Hall–Kier alpha value is -2.89. The molecule has 1 atom stereocenters. The maximum atomic E-state index is 12.5. The number of aromatic nitrogens is 1. The number of ether oxygens (including phenoxy) is 1. The molecule has 0 unspecified atom stereocenters. The highest BCUT2D eigenvalue weighted by Gasteiger charge is 2.29. The normalized spacial score (nSPS) is 16.4.